The van der Waals surface area contributed by atoms with Crippen molar-refractivity contribution in [3.8, 4) is 0 Å². The molecule has 1 saturated heterocycles. The maximum atomic E-state index is 12.5. The average molecular weight is 486 g/mol. The van der Waals surface area contributed by atoms with Crippen LogP contribution in [-0.4, -0.2) is 29.8 Å². The van der Waals surface area contributed by atoms with Crippen LogP contribution >= 0.6 is 15.9 Å². The molecular weight excluding hydrogens is 454 g/mol. The van der Waals surface area contributed by atoms with Gasteiger partial charge in [-0.15, -0.1) is 0 Å². The van der Waals surface area contributed by atoms with Crippen LogP contribution in [0.15, 0.2) is 53.0 Å². The molecule has 0 radical (unpaired) electrons. The maximum absolute atomic E-state index is 12.5. The van der Waals surface area contributed by atoms with E-state index in [-0.39, 0.29) is 24.3 Å². The zero-order valence-electron chi connectivity index (χ0n) is 18.4. The molecule has 2 N–H and O–H groups in total. The maximum Gasteiger partial charge on any atom is 0.222 e. The lowest BCUT2D eigenvalue weighted by Gasteiger charge is -2.30. The van der Waals surface area contributed by atoms with E-state index in [0.29, 0.717) is 6.54 Å². The minimum absolute atomic E-state index is 0.0898. The molecule has 0 aliphatic carbocycles. The Morgan fingerprint density at radius 1 is 1.10 bits per heavy atom. The summed E-state index contributed by atoms with van der Waals surface area (Å²) in [6.45, 7) is 7.61. The third-order valence-corrected chi connectivity index (χ3v) is 6.23. The Balaban J connectivity index is 1.50. The van der Waals surface area contributed by atoms with E-state index in [4.69, 9.17) is 0 Å². The highest BCUT2D eigenvalue weighted by molar-refractivity contribution is 9.10. The summed E-state index contributed by atoms with van der Waals surface area (Å²) < 4.78 is 0.959. The Labute approximate surface area is 193 Å². The van der Waals surface area contributed by atoms with Crippen LogP contribution in [-0.2, 0) is 22.7 Å². The highest BCUT2D eigenvalue weighted by atomic mass is 79.9. The molecule has 31 heavy (non-hydrogen) atoms. The summed E-state index contributed by atoms with van der Waals surface area (Å²) in [5.74, 6) is 0.536. The molecule has 2 aromatic carbocycles. The Morgan fingerprint density at radius 2 is 1.77 bits per heavy atom. The fourth-order valence-electron chi connectivity index (χ4n) is 4.10. The summed E-state index contributed by atoms with van der Waals surface area (Å²) in [5.41, 5.74) is 3.29. The molecule has 2 aromatic rings. The molecule has 1 aliphatic heterocycles. The fraction of sp³-hybridized carbons (Fsp3) is 0.440. The van der Waals surface area contributed by atoms with E-state index in [0.717, 1.165) is 28.1 Å². The lowest BCUT2D eigenvalue weighted by atomic mass is 9.99. The number of carbonyl (C=O) groups is 2. The van der Waals surface area contributed by atoms with Gasteiger partial charge in [-0.05, 0) is 54.1 Å². The Bertz CT molecular complexity index is 867. The molecule has 1 heterocycles. The van der Waals surface area contributed by atoms with Crippen LogP contribution in [0.4, 0.5) is 0 Å². The molecule has 2 unspecified atom stereocenters. The Kier molecular flexibility index (Phi) is 8.67. The van der Waals surface area contributed by atoms with Gasteiger partial charge >= 0.3 is 0 Å². The first-order valence-electron chi connectivity index (χ1n) is 11.0. The van der Waals surface area contributed by atoms with Crippen molar-refractivity contribution < 1.29 is 9.59 Å². The van der Waals surface area contributed by atoms with Gasteiger partial charge in [-0.2, -0.15) is 0 Å². The summed E-state index contributed by atoms with van der Waals surface area (Å²) in [6.07, 6.45) is 2.82. The molecule has 0 aromatic heterocycles. The number of benzene rings is 2. The number of amides is 2. The van der Waals surface area contributed by atoms with Crippen LogP contribution < -0.4 is 10.6 Å². The lowest BCUT2D eigenvalue weighted by Crippen LogP contribution is -2.33. The van der Waals surface area contributed by atoms with Gasteiger partial charge in [0.2, 0.25) is 11.8 Å². The van der Waals surface area contributed by atoms with Crippen LogP contribution in [0.3, 0.4) is 0 Å². The van der Waals surface area contributed by atoms with Crippen molar-refractivity contribution in [1.82, 2.24) is 15.5 Å². The summed E-state index contributed by atoms with van der Waals surface area (Å²) in [7, 11) is 0. The van der Waals surface area contributed by atoms with Crippen molar-refractivity contribution in [2.75, 3.05) is 13.1 Å². The van der Waals surface area contributed by atoms with Crippen molar-refractivity contribution in [2.24, 2.45) is 5.92 Å². The van der Waals surface area contributed by atoms with Gasteiger partial charge in [0.05, 0.1) is 12.5 Å². The molecule has 0 spiro atoms. The molecule has 1 aliphatic rings. The second kappa shape index (κ2) is 11.4. The van der Waals surface area contributed by atoms with E-state index in [2.05, 4.69) is 62.7 Å². The third kappa shape index (κ3) is 7.78. The smallest absolute Gasteiger partial charge is 0.222 e. The summed E-state index contributed by atoms with van der Waals surface area (Å²) >= 11 is 3.41. The fourth-order valence-corrected chi connectivity index (χ4v) is 4.37. The molecule has 166 valence electrons. The first-order valence-corrected chi connectivity index (χ1v) is 11.8. The second-order valence-corrected chi connectivity index (χ2v) is 9.50. The average Bonchev–Trinajstić information content (AvgIpc) is 2.73. The molecular formula is C25H32BrN3O2. The number of likely N-dealkylation sites (tertiary alicyclic amines) is 1. The van der Waals surface area contributed by atoms with Crippen LogP contribution in [0.25, 0.3) is 0 Å². The minimum atomic E-state index is -0.347. The normalized spacial score (nSPS) is 17.7. The van der Waals surface area contributed by atoms with Crippen molar-refractivity contribution in [3.63, 3.8) is 0 Å². The number of rotatable bonds is 8. The predicted molar refractivity (Wildman–Crippen MR) is 127 cm³/mol. The van der Waals surface area contributed by atoms with E-state index >= 15 is 0 Å². The van der Waals surface area contributed by atoms with Gasteiger partial charge in [0.25, 0.3) is 0 Å². The van der Waals surface area contributed by atoms with Crippen molar-refractivity contribution in [1.29, 1.82) is 0 Å². The Morgan fingerprint density at radius 3 is 2.42 bits per heavy atom. The lowest BCUT2D eigenvalue weighted by molar-refractivity contribution is -0.122. The van der Waals surface area contributed by atoms with Crippen molar-refractivity contribution >= 4 is 27.7 Å². The van der Waals surface area contributed by atoms with E-state index in [1.54, 1.807) is 0 Å². The summed E-state index contributed by atoms with van der Waals surface area (Å²) in [5, 5.41) is 5.85. The molecule has 1 fully saturated rings. The van der Waals surface area contributed by atoms with Gasteiger partial charge in [-0.3, -0.25) is 14.5 Å². The van der Waals surface area contributed by atoms with E-state index < -0.39 is 0 Å². The molecule has 2 atom stereocenters. The van der Waals surface area contributed by atoms with Gasteiger partial charge in [0.1, 0.15) is 0 Å². The zero-order valence-corrected chi connectivity index (χ0v) is 20.0. The first kappa shape index (κ1) is 23.5. The van der Waals surface area contributed by atoms with Crippen LogP contribution in [0.5, 0.6) is 0 Å². The number of hydrogen-bond donors (Lipinski definition) is 2. The van der Waals surface area contributed by atoms with Crippen LogP contribution in [0, 0.1) is 5.92 Å². The quantitative estimate of drug-likeness (QED) is 0.575. The standard InChI is InChI=1S/C25H32BrN3O2/c1-18-4-3-13-29(16-18)17-21-7-5-20(6-8-21)15-27-25(31)14-24(28-19(2)30)22-9-11-23(26)12-10-22/h5-12,18,24H,3-4,13-17H2,1-2H3,(H,27,31)(H,28,30). The largest absolute Gasteiger partial charge is 0.352 e. The predicted octanol–water partition coefficient (Wildman–Crippen LogP) is 4.56. The van der Waals surface area contributed by atoms with Crippen LogP contribution in [0.1, 0.15) is 55.8 Å². The number of hydrogen-bond acceptors (Lipinski definition) is 3. The van der Waals surface area contributed by atoms with Gasteiger partial charge in [-0.1, -0.05) is 59.3 Å². The number of nitrogens with zero attached hydrogens (tertiary/aromatic N) is 1. The van der Waals surface area contributed by atoms with Gasteiger partial charge in [-0.25, -0.2) is 0 Å². The monoisotopic (exact) mass is 485 g/mol. The zero-order chi connectivity index (χ0) is 22.2. The molecule has 5 nitrogen and oxygen atoms in total. The first-order chi connectivity index (χ1) is 14.9. The second-order valence-electron chi connectivity index (χ2n) is 8.58. The summed E-state index contributed by atoms with van der Waals surface area (Å²) in [4.78, 5) is 26.6. The van der Waals surface area contributed by atoms with E-state index in [1.165, 1.54) is 38.4 Å². The molecule has 6 heteroatoms. The third-order valence-electron chi connectivity index (χ3n) is 5.70. The van der Waals surface area contributed by atoms with Crippen LogP contribution in [0.2, 0.25) is 0 Å². The number of nitrogens with one attached hydrogen (secondary N) is 2. The molecule has 3 rings (SSSR count). The topological polar surface area (TPSA) is 61.4 Å². The van der Waals surface area contributed by atoms with Crippen molar-refractivity contribution in [3.05, 3.63) is 69.7 Å². The molecule has 0 saturated carbocycles. The number of carbonyl (C=O) groups excluding carboxylic acids is 2. The summed E-state index contributed by atoms with van der Waals surface area (Å²) in [6, 6.07) is 15.8. The van der Waals surface area contributed by atoms with Gasteiger partial charge < -0.3 is 10.6 Å². The van der Waals surface area contributed by atoms with Gasteiger partial charge in [0.15, 0.2) is 0 Å². The van der Waals surface area contributed by atoms with E-state index in [9.17, 15) is 9.59 Å². The SMILES string of the molecule is CC(=O)NC(CC(=O)NCc1ccc(CN2CCCC(C)C2)cc1)c1ccc(Br)cc1. The van der Waals surface area contributed by atoms with Crippen molar-refractivity contribution in [2.45, 2.75) is 52.2 Å². The number of halogens is 1. The van der Waals surface area contributed by atoms with E-state index in [1.807, 2.05) is 24.3 Å². The van der Waals surface area contributed by atoms with Gasteiger partial charge in [0, 0.05) is 31.0 Å². The molecule has 2 amide bonds. The molecule has 0 bridgehead atoms. The number of piperidine rings is 1. The Hall–Kier alpha value is -2.18. The minimum Gasteiger partial charge on any atom is -0.352 e. The highest BCUT2D eigenvalue weighted by Crippen LogP contribution is 2.20. The highest BCUT2D eigenvalue weighted by Gasteiger charge is 2.18.